The van der Waals surface area contributed by atoms with Crippen LogP contribution in [-0.4, -0.2) is 64.8 Å². The van der Waals surface area contributed by atoms with Gasteiger partial charge in [-0.15, -0.1) is 0 Å². The van der Waals surface area contributed by atoms with E-state index in [1.807, 2.05) is 6.92 Å². The Hall–Kier alpha value is -0.860. The Labute approximate surface area is 109 Å². The Morgan fingerprint density at radius 3 is 2.67 bits per heavy atom. The summed E-state index contributed by atoms with van der Waals surface area (Å²) in [5.74, 6) is 0.356. The van der Waals surface area contributed by atoms with Gasteiger partial charge in [0.05, 0.1) is 12.9 Å². The quantitative estimate of drug-likeness (QED) is 0.328. The number of nitrogens with zero attached hydrogens (tertiary/aromatic N) is 2. The third kappa shape index (κ3) is 8.26. The van der Waals surface area contributed by atoms with Gasteiger partial charge in [-0.2, -0.15) is 0 Å². The molecule has 0 saturated heterocycles. The van der Waals surface area contributed by atoms with Gasteiger partial charge in [-0.1, -0.05) is 6.92 Å². The second-order valence-corrected chi connectivity index (χ2v) is 5.78. The van der Waals surface area contributed by atoms with Gasteiger partial charge in [-0.25, -0.2) is 12.7 Å². The predicted octanol–water partition coefficient (Wildman–Crippen LogP) is -0.791. The Balaban J connectivity index is 3.86. The second kappa shape index (κ2) is 9.12. The number of nitrogens with one attached hydrogen (secondary N) is 1. The zero-order valence-corrected chi connectivity index (χ0v) is 12.2. The molecule has 0 aliphatic rings. The fraction of sp³-hybridized carbons (Fsp3) is 0.900. The number of guanidine groups is 1. The monoisotopic (exact) mass is 280 g/mol. The average Bonchev–Trinajstić information content (AvgIpc) is 2.27. The molecule has 0 spiro atoms. The Kier molecular flexibility index (Phi) is 8.69. The van der Waals surface area contributed by atoms with Crippen LogP contribution in [0.25, 0.3) is 0 Å². The van der Waals surface area contributed by atoms with E-state index in [0.717, 1.165) is 0 Å². The van der Waals surface area contributed by atoms with Crippen LogP contribution in [0.4, 0.5) is 0 Å². The lowest BCUT2D eigenvalue weighted by atomic mass is 10.4. The van der Waals surface area contributed by atoms with Crippen molar-refractivity contribution in [3.05, 3.63) is 0 Å². The van der Waals surface area contributed by atoms with E-state index in [0.29, 0.717) is 45.2 Å². The van der Waals surface area contributed by atoms with Crippen LogP contribution >= 0.6 is 0 Å². The number of ether oxygens (including phenoxy) is 1. The molecule has 0 fully saturated rings. The van der Waals surface area contributed by atoms with Gasteiger partial charge in [0.15, 0.2) is 5.96 Å². The Morgan fingerprint density at radius 2 is 2.17 bits per heavy atom. The maximum Gasteiger partial charge on any atom is 0.211 e. The molecule has 18 heavy (non-hydrogen) atoms. The van der Waals surface area contributed by atoms with E-state index in [9.17, 15) is 8.42 Å². The number of nitrogens with two attached hydrogens (primary N) is 1. The van der Waals surface area contributed by atoms with Crippen LogP contribution in [0.1, 0.15) is 13.3 Å². The Morgan fingerprint density at radius 1 is 1.50 bits per heavy atom. The number of aliphatic imine (C=N–C) groups is 1. The molecule has 0 unspecified atom stereocenters. The fourth-order valence-corrected chi connectivity index (χ4v) is 2.27. The lowest BCUT2D eigenvalue weighted by Gasteiger charge is -2.16. The van der Waals surface area contributed by atoms with Gasteiger partial charge < -0.3 is 15.8 Å². The summed E-state index contributed by atoms with van der Waals surface area (Å²) in [4.78, 5) is 4.09. The summed E-state index contributed by atoms with van der Waals surface area (Å²) in [6.45, 7) is 4.42. The van der Waals surface area contributed by atoms with E-state index < -0.39 is 10.0 Å². The van der Waals surface area contributed by atoms with Crippen molar-refractivity contribution in [1.82, 2.24) is 9.62 Å². The summed E-state index contributed by atoms with van der Waals surface area (Å²) in [5, 5.41) is 2.89. The standard InChI is InChI=1S/C10H24N4O3S/c1-4-14(18(3,15)16)8-5-6-12-10(11)13-7-9-17-2/h4-9H2,1-3H3,(H3,11,12,13). The number of rotatable bonds is 9. The molecule has 0 bridgehead atoms. The van der Waals surface area contributed by atoms with E-state index in [1.165, 1.54) is 10.6 Å². The highest BCUT2D eigenvalue weighted by Gasteiger charge is 2.12. The van der Waals surface area contributed by atoms with Crippen molar-refractivity contribution in [2.75, 3.05) is 46.2 Å². The minimum absolute atomic E-state index is 0.356. The lowest BCUT2D eigenvalue weighted by Crippen LogP contribution is -2.34. The molecule has 0 aromatic rings. The molecular formula is C10H24N4O3S. The molecule has 0 aromatic carbocycles. The highest BCUT2D eigenvalue weighted by atomic mass is 32.2. The molecule has 108 valence electrons. The van der Waals surface area contributed by atoms with Crippen molar-refractivity contribution in [1.29, 1.82) is 0 Å². The summed E-state index contributed by atoms with van der Waals surface area (Å²) in [7, 11) is -1.50. The van der Waals surface area contributed by atoms with E-state index in [4.69, 9.17) is 10.5 Å². The summed E-state index contributed by atoms with van der Waals surface area (Å²) in [6.07, 6.45) is 1.86. The van der Waals surface area contributed by atoms with Crippen LogP contribution < -0.4 is 11.1 Å². The van der Waals surface area contributed by atoms with Crippen molar-refractivity contribution in [3.8, 4) is 0 Å². The van der Waals surface area contributed by atoms with Crippen molar-refractivity contribution in [3.63, 3.8) is 0 Å². The molecular weight excluding hydrogens is 256 g/mol. The minimum atomic E-state index is -3.11. The van der Waals surface area contributed by atoms with Crippen LogP contribution in [-0.2, 0) is 14.8 Å². The van der Waals surface area contributed by atoms with Gasteiger partial charge in [0, 0.05) is 33.3 Å². The van der Waals surface area contributed by atoms with Crippen molar-refractivity contribution >= 4 is 16.0 Å². The molecule has 3 N–H and O–H groups in total. The molecule has 0 heterocycles. The summed E-state index contributed by atoms with van der Waals surface area (Å²) < 4.78 is 28.9. The maximum absolute atomic E-state index is 11.3. The summed E-state index contributed by atoms with van der Waals surface area (Å²) in [5.41, 5.74) is 5.60. The molecule has 0 radical (unpaired) electrons. The third-order valence-corrected chi connectivity index (χ3v) is 3.66. The molecule has 0 amide bonds. The van der Waals surface area contributed by atoms with Gasteiger partial charge in [0.1, 0.15) is 0 Å². The molecule has 0 aliphatic carbocycles. The topological polar surface area (TPSA) is 97.0 Å². The third-order valence-electron chi connectivity index (χ3n) is 2.28. The molecule has 7 nitrogen and oxygen atoms in total. The van der Waals surface area contributed by atoms with Crippen LogP contribution in [0.3, 0.4) is 0 Å². The van der Waals surface area contributed by atoms with Crippen LogP contribution in [0, 0.1) is 0 Å². The Bertz CT molecular complexity index is 343. The first-order valence-corrected chi connectivity index (χ1v) is 7.74. The van der Waals surface area contributed by atoms with Gasteiger partial charge in [0.2, 0.25) is 10.0 Å². The van der Waals surface area contributed by atoms with Gasteiger partial charge in [-0.3, -0.25) is 4.99 Å². The van der Waals surface area contributed by atoms with E-state index >= 15 is 0 Å². The zero-order chi connectivity index (χ0) is 14.0. The smallest absolute Gasteiger partial charge is 0.211 e. The van der Waals surface area contributed by atoms with E-state index in [2.05, 4.69) is 10.3 Å². The predicted molar refractivity (Wildman–Crippen MR) is 73.1 cm³/mol. The van der Waals surface area contributed by atoms with E-state index in [-0.39, 0.29) is 0 Å². The molecule has 0 aliphatic heterocycles. The zero-order valence-electron chi connectivity index (χ0n) is 11.3. The minimum Gasteiger partial charge on any atom is -0.383 e. The highest BCUT2D eigenvalue weighted by molar-refractivity contribution is 7.88. The number of hydrogen-bond acceptors (Lipinski definition) is 4. The first-order valence-electron chi connectivity index (χ1n) is 5.89. The number of sulfonamides is 1. The van der Waals surface area contributed by atoms with Crippen molar-refractivity contribution < 1.29 is 13.2 Å². The second-order valence-electron chi connectivity index (χ2n) is 3.79. The van der Waals surface area contributed by atoms with Crippen molar-refractivity contribution in [2.24, 2.45) is 10.7 Å². The van der Waals surface area contributed by atoms with Gasteiger partial charge in [0.25, 0.3) is 0 Å². The van der Waals surface area contributed by atoms with Crippen molar-refractivity contribution in [2.45, 2.75) is 13.3 Å². The molecule has 0 rings (SSSR count). The van der Waals surface area contributed by atoms with Gasteiger partial charge in [-0.05, 0) is 6.42 Å². The first-order chi connectivity index (χ1) is 8.41. The normalized spacial score (nSPS) is 13.0. The molecule has 8 heteroatoms. The van der Waals surface area contributed by atoms with Crippen LogP contribution in [0.5, 0.6) is 0 Å². The number of methoxy groups -OCH3 is 1. The van der Waals surface area contributed by atoms with E-state index in [1.54, 1.807) is 7.11 Å². The largest absolute Gasteiger partial charge is 0.383 e. The molecule has 0 saturated carbocycles. The average molecular weight is 280 g/mol. The lowest BCUT2D eigenvalue weighted by molar-refractivity contribution is 0.204. The van der Waals surface area contributed by atoms with Gasteiger partial charge >= 0.3 is 0 Å². The summed E-state index contributed by atoms with van der Waals surface area (Å²) >= 11 is 0. The fourth-order valence-electron chi connectivity index (χ4n) is 1.34. The van der Waals surface area contributed by atoms with Crippen LogP contribution in [0.15, 0.2) is 4.99 Å². The molecule has 0 aromatic heterocycles. The molecule has 0 atom stereocenters. The SMILES string of the molecule is CCN(CCCN=C(N)NCCOC)S(C)(=O)=O. The first kappa shape index (κ1) is 17.1. The number of hydrogen-bond donors (Lipinski definition) is 2. The highest BCUT2D eigenvalue weighted by Crippen LogP contribution is 1.98. The summed E-state index contributed by atoms with van der Waals surface area (Å²) in [6, 6.07) is 0. The van der Waals surface area contributed by atoms with Crippen LogP contribution in [0.2, 0.25) is 0 Å². The maximum atomic E-state index is 11.3.